The first kappa shape index (κ1) is 16.5. The number of hydrogen-bond acceptors (Lipinski definition) is 5. The Morgan fingerprint density at radius 1 is 1.14 bits per heavy atom. The summed E-state index contributed by atoms with van der Waals surface area (Å²) in [5.41, 5.74) is 0.925. The highest BCUT2D eigenvalue weighted by molar-refractivity contribution is 5.55. The van der Waals surface area contributed by atoms with E-state index in [1.54, 1.807) is 11.0 Å². The first-order valence-corrected chi connectivity index (χ1v) is 7.39. The third kappa shape index (κ3) is 5.13. The van der Waals surface area contributed by atoms with Crippen LogP contribution in [0.15, 0.2) is 30.6 Å². The van der Waals surface area contributed by atoms with Crippen LogP contribution in [0.3, 0.4) is 0 Å². The Kier molecular flexibility index (Phi) is 5.91. The molecular weight excluding hydrogens is 282 g/mol. The Balaban J connectivity index is 1.79. The fourth-order valence-corrected chi connectivity index (χ4v) is 1.85. The van der Waals surface area contributed by atoms with Crippen molar-refractivity contribution in [1.29, 1.82) is 0 Å². The SMILES string of the molecule is CC(C)COC[C@@H](O)COc1ccc(-c2ncn(C)n2)cc1. The predicted molar refractivity (Wildman–Crippen MR) is 83.6 cm³/mol. The molecule has 0 saturated heterocycles. The molecule has 1 aromatic heterocycles. The zero-order valence-electron chi connectivity index (χ0n) is 13.3. The van der Waals surface area contributed by atoms with Crippen molar-refractivity contribution in [2.45, 2.75) is 20.0 Å². The van der Waals surface area contributed by atoms with Crippen LogP contribution >= 0.6 is 0 Å². The van der Waals surface area contributed by atoms with E-state index in [2.05, 4.69) is 23.9 Å². The molecule has 1 heterocycles. The van der Waals surface area contributed by atoms with Crippen molar-refractivity contribution < 1.29 is 14.6 Å². The van der Waals surface area contributed by atoms with Crippen molar-refractivity contribution in [3.63, 3.8) is 0 Å². The van der Waals surface area contributed by atoms with Crippen molar-refractivity contribution in [1.82, 2.24) is 14.8 Å². The van der Waals surface area contributed by atoms with Gasteiger partial charge in [-0.1, -0.05) is 13.8 Å². The second-order valence-electron chi connectivity index (χ2n) is 5.66. The molecule has 1 aromatic carbocycles. The number of aryl methyl sites for hydroxylation is 1. The Bertz CT molecular complexity index is 566. The summed E-state index contributed by atoms with van der Waals surface area (Å²) in [5, 5.41) is 14.0. The summed E-state index contributed by atoms with van der Waals surface area (Å²) < 4.78 is 12.6. The Labute approximate surface area is 130 Å². The number of hydrogen-bond donors (Lipinski definition) is 1. The van der Waals surface area contributed by atoms with Gasteiger partial charge in [-0.2, -0.15) is 5.10 Å². The fourth-order valence-electron chi connectivity index (χ4n) is 1.85. The van der Waals surface area contributed by atoms with Crippen LogP contribution in [-0.2, 0) is 11.8 Å². The number of rotatable bonds is 8. The number of nitrogens with zero attached hydrogens (tertiary/aromatic N) is 3. The topological polar surface area (TPSA) is 69.4 Å². The highest BCUT2D eigenvalue weighted by atomic mass is 16.5. The van der Waals surface area contributed by atoms with Crippen LogP contribution in [0.2, 0.25) is 0 Å². The van der Waals surface area contributed by atoms with Crippen LogP contribution < -0.4 is 4.74 Å². The number of benzene rings is 1. The lowest BCUT2D eigenvalue weighted by Crippen LogP contribution is -2.24. The summed E-state index contributed by atoms with van der Waals surface area (Å²) in [6, 6.07) is 7.47. The molecule has 0 bridgehead atoms. The van der Waals surface area contributed by atoms with Gasteiger partial charge in [0.1, 0.15) is 24.8 Å². The van der Waals surface area contributed by atoms with Gasteiger partial charge in [-0.25, -0.2) is 4.98 Å². The second-order valence-corrected chi connectivity index (χ2v) is 5.66. The van der Waals surface area contributed by atoms with Gasteiger partial charge in [0.2, 0.25) is 0 Å². The number of aliphatic hydroxyl groups is 1. The quantitative estimate of drug-likeness (QED) is 0.806. The third-order valence-corrected chi connectivity index (χ3v) is 2.92. The smallest absolute Gasteiger partial charge is 0.181 e. The first-order chi connectivity index (χ1) is 10.5. The van der Waals surface area contributed by atoms with E-state index in [1.165, 1.54) is 0 Å². The largest absolute Gasteiger partial charge is 0.491 e. The molecular formula is C16H23N3O3. The first-order valence-electron chi connectivity index (χ1n) is 7.39. The van der Waals surface area contributed by atoms with E-state index < -0.39 is 6.10 Å². The van der Waals surface area contributed by atoms with E-state index in [-0.39, 0.29) is 13.2 Å². The van der Waals surface area contributed by atoms with Gasteiger partial charge in [0.05, 0.1) is 6.61 Å². The molecule has 120 valence electrons. The number of ether oxygens (including phenoxy) is 2. The standard InChI is InChI=1S/C16H23N3O3/c1-12(2)8-21-9-14(20)10-22-15-6-4-13(5-7-15)16-17-11-19(3)18-16/h4-7,11-12,14,20H,8-10H2,1-3H3/t14-/m1/s1. The minimum atomic E-state index is -0.629. The molecule has 0 fully saturated rings. The summed E-state index contributed by atoms with van der Waals surface area (Å²) in [7, 11) is 1.83. The van der Waals surface area contributed by atoms with E-state index >= 15 is 0 Å². The number of aliphatic hydroxyl groups excluding tert-OH is 1. The monoisotopic (exact) mass is 305 g/mol. The highest BCUT2D eigenvalue weighted by Gasteiger charge is 2.07. The molecule has 22 heavy (non-hydrogen) atoms. The van der Waals surface area contributed by atoms with Crippen LogP contribution in [0.5, 0.6) is 5.75 Å². The average molecular weight is 305 g/mol. The van der Waals surface area contributed by atoms with Crippen LogP contribution in [0, 0.1) is 5.92 Å². The van der Waals surface area contributed by atoms with E-state index in [0.717, 1.165) is 5.56 Å². The van der Waals surface area contributed by atoms with Crippen molar-refractivity contribution in [2.24, 2.45) is 13.0 Å². The minimum absolute atomic E-state index is 0.208. The van der Waals surface area contributed by atoms with Gasteiger partial charge in [-0.3, -0.25) is 4.68 Å². The van der Waals surface area contributed by atoms with Crippen LogP contribution in [-0.4, -0.2) is 45.8 Å². The molecule has 0 aliphatic carbocycles. The molecule has 0 radical (unpaired) electrons. The maximum Gasteiger partial charge on any atom is 0.181 e. The zero-order valence-corrected chi connectivity index (χ0v) is 13.3. The third-order valence-electron chi connectivity index (χ3n) is 2.92. The van der Waals surface area contributed by atoms with Crippen LogP contribution in [0.25, 0.3) is 11.4 Å². The lowest BCUT2D eigenvalue weighted by atomic mass is 10.2. The lowest BCUT2D eigenvalue weighted by molar-refractivity contribution is 0.00394. The molecule has 0 spiro atoms. The van der Waals surface area contributed by atoms with Crippen molar-refractivity contribution in [3.05, 3.63) is 30.6 Å². The van der Waals surface area contributed by atoms with Gasteiger partial charge in [0, 0.05) is 19.2 Å². The van der Waals surface area contributed by atoms with Gasteiger partial charge >= 0.3 is 0 Å². The van der Waals surface area contributed by atoms with Gasteiger partial charge in [0.25, 0.3) is 0 Å². The van der Waals surface area contributed by atoms with Crippen LogP contribution in [0.4, 0.5) is 0 Å². The molecule has 0 saturated carbocycles. The van der Waals surface area contributed by atoms with Gasteiger partial charge < -0.3 is 14.6 Å². The van der Waals surface area contributed by atoms with Gasteiger partial charge in [-0.05, 0) is 30.2 Å². The minimum Gasteiger partial charge on any atom is -0.491 e. The molecule has 2 aromatic rings. The van der Waals surface area contributed by atoms with E-state index in [9.17, 15) is 5.11 Å². The Morgan fingerprint density at radius 2 is 1.86 bits per heavy atom. The maximum atomic E-state index is 9.79. The predicted octanol–water partition coefficient (Wildman–Crippen LogP) is 1.89. The summed E-state index contributed by atoms with van der Waals surface area (Å²) in [4.78, 5) is 4.19. The Morgan fingerprint density at radius 3 is 2.45 bits per heavy atom. The van der Waals surface area contributed by atoms with Crippen LogP contribution in [0.1, 0.15) is 13.8 Å². The van der Waals surface area contributed by atoms with E-state index in [4.69, 9.17) is 9.47 Å². The summed E-state index contributed by atoms with van der Waals surface area (Å²) >= 11 is 0. The molecule has 1 atom stereocenters. The van der Waals surface area contributed by atoms with E-state index in [1.807, 2.05) is 31.3 Å². The molecule has 6 nitrogen and oxygen atoms in total. The van der Waals surface area contributed by atoms with Gasteiger partial charge in [0.15, 0.2) is 5.82 Å². The summed E-state index contributed by atoms with van der Waals surface area (Å²) in [6.07, 6.45) is 1.03. The molecule has 0 aliphatic rings. The van der Waals surface area contributed by atoms with Crippen molar-refractivity contribution >= 4 is 0 Å². The molecule has 0 unspecified atom stereocenters. The fraction of sp³-hybridized carbons (Fsp3) is 0.500. The summed E-state index contributed by atoms with van der Waals surface area (Å²) in [5.74, 6) is 1.83. The van der Waals surface area contributed by atoms with Crippen molar-refractivity contribution in [2.75, 3.05) is 19.8 Å². The maximum absolute atomic E-state index is 9.79. The summed E-state index contributed by atoms with van der Waals surface area (Å²) in [6.45, 7) is 5.28. The highest BCUT2D eigenvalue weighted by Crippen LogP contribution is 2.19. The molecule has 0 amide bonds. The number of aromatic nitrogens is 3. The Hall–Kier alpha value is -1.92. The molecule has 0 aliphatic heterocycles. The molecule has 1 N–H and O–H groups in total. The average Bonchev–Trinajstić information content (AvgIpc) is 2.92. The second kappa shape index (κ2) is 7.91. The molecule has 6 heteroatoms. The molecule has 2 rings (SSSR count). The van der Waals surface area contributed by atoms with Gasteiger partial charge in [-0.15, -0.1) is 0 Å². The lowest BCUT2D eigenvalue weighted by Gasteiger charge is -2.13. The van der Waals surface area contributed by atoms with E-state index in [0.29, 0.717) is 24.1 Å². The normalized spacial score (nSPS) is 12.6. The van der Waals surface area contributed by atoms with Crippen molar-refractivity contribution in [3.8, 4) is 17.1 Å². The zero-order chi connectivity index (χ0) is 15.9.